The van der Waals surface area contributed by atoms with Crippen LogP contribution in [0.3, 0.4) is 0 Å². The first-order chi connectivity index (χ1) is 2.41. The van der Waals surface area contributed by atoms with Crippen LogP contribution in [0.25, 0.3) is 0 Å². The zero-order valence-electron chi connectivity index (χ0n) is 3.66. The van der Waals surface area contributed by atoms with Gasteiger partial charge < -0.3 is 5.11 Å². The fourth-order valence-corrected chi connectivity index (χ4v) is 0. The number of thiol groups is 1. The molecule has 0 unspecified atom stereocenters. The molecule has 0 heterocycles. The average molecular weight is 164 g/mol. The first-order valence-electron chi connectivity index (χ1n) is 0.894. The van der Waals surface area contributed by atoms with Gasteiger partial charge in [0.15, 0.2) is 0 Å². The Kier molecular flexibility index (Phi) is 364. The highest BCUT2D eigenvalue weighted by Gasteiger charge is 1.18. The van der Waals surface area contributed by atoms with Crippen LogP contribution < -0.4 is 0 Å². The third-order valence-electron chi connectivity index (χ3n) is 0. The third-order valence-corrected chi connectivity index (χ3v) is 0. The topological polar surface area (TPSA) is 44.0 Å². The van der Waals surface area contributed by atoms with Gasteiger partial charge in [0.05, 0.1) is 0 Å². The molecule has 0 aliphatic heterocycles. The van der Waals surface area contributed by atoms with Crippen LogP contribution in [-0.4, -0.2) is 12.2 Å². The Morgan fingerprint density at radius 1 is 1.43 bits per heavy atom. The number of hydrogen-bond acceptors (Lipinski definition) is 3. The van der Waals surface area contributed by atoms with Gasteiger partial charge in [0.25, 0.3) is 0 Å². The lowest BCUT2D eigenvalue weighted by atomic mass is 11.8. The Hall–Kier alpha value is 0.380. The van der Waals surface area contributed by atoms with Crippen molar-refractivity contribution >= 4 is 37.4 Å². The third kappa shape index (κ3) is 848. The molecule has 0 spiro atoms. The molecule has 5 heteroatoms. The van der Waals surface area contributed by atoms with E-state index in [4.69, 9.17) is 10.4 Å². The molecule has 0 aromatic rings. The molecule has 0 fully saturated rings. The van der Waals surface area contributed by atoms with Gasteiger partial charge >= 0.3 is 0 Å². The van der Waals surface area contributed by atoms with E-state index in [0.717, 1.165) is 7.11 Å². The van der Waals surface area contributed by atoms with E-state index in [1.54, 1.807) is 0 Å². The molecule has 0 radical (unpaired) electrons. The lowest BCUT2D eigenvalue weighted by Crippen LogP contribution is -1.25. The normalized spacial score (nSPS) is 2.00. The molecule has 0 rings (SSSR count). The van der Waals surface area contributed by atoms with Gasteiger partial charge in [0.2, 0.25) is 0 Å². The van der Waals surface area contributed by atoms with E-state index in [0.29, 0.717) is 0 Å². The van der Waals surface area contributed by atoms with Crippen molar-refractivity contribution in [2.75, 3.05) is 7.11 Å². The fourth-order valence-electron chi connectivity index (χ4n) is 0. The lowest BCUT2D eigenvalue weighted by molar-refractivity contribution is 0.399. The molecule has 0 aliphatic carbocycles. The van der Waals surface area contributed by atoms with Crippen LogP contribution in [-0.2, 0) is 0 Å². The molecule has 0 aromatic heterocycles. The summed E-state index contributed by atoms with van der Waals surface area (Å²) in [5.74, 6) is 0. The molecule has 46 valence electrons. The SMILES string of the molecule is CO.Cl.Cl.N#CS. The fraction of sp³-hybridized carbons (Fsp3) is 0.500. The Morgan fingerprint density at radius 3 is 1.43 bits per heavy atom. The Morgan fingerprint density at radius 2 is 1.43 bits per heavy atom. The van der Waals surface area contributed by atoms with Crippen LogP contribution in [0.5, 0.6) is 0 Å². The standard InChI is InChI=1S/CHNS.CH4O.2ClH/c2-1-3;1-2;;/h3H;2H,1H3;2*1H. The van der Waals surface area contributed by atoms with Crippen molar-refractivity contribution in [1.82, 2.24) is 0 Å². The van der Waals surface area contributed by atoms with E-state index in [-0.39, 0.29) is 24.8 Å². The molecule has 7 heavy (non-hydrogen) atoms. The molecule has 1 N–H and O–H groups in total. The Labute approximate surface area is 60.8 Å². The largest absolute Gasteiger partial charge is 0.400 e. The smallest absolute Gasteiger partial charge is 0.130 e. The maximum absolute atomic E-state index is 7.18. The maximum Gasteiger partial charge on any atom is 0.130 e. The second kappa shape index (κ2) is 97.0. The van der Waals surface area contributed by atoms with E-state index in [1.807, 2.05) is 0 Å². The zero-order chi connectivity index (χ0) is 4.71. The van der Waals surface area contributed by atoms with E-state index < -0.39 is 0 Å². The van der Waals surface area contributed by atoms with E-state index in [1.165, 1.54) is 5.40 Å². The summed E-state index contributed by atoms with van der Waals surface area (Å²) in [4.78, 5) is 0. The molecule has 0 aliphatic rings. The minimum absolute atomic E-state index is 0. The first-order valence-corrected chi connectivity index (χ1v) is 1.34. The number of nitrogens with zero attached hydrogens (tertiary/aromatic N) is 1. The summed E-state index contributed by atoms with van der Waals surface area (Å²) in [5, 5.41) is 15.6. The Balaban J connectivity index is -0.0000000105. The minimum Gasteiger partial charge on any atom is -0.400 e. The molecule has 2 nitrogen and oxygen atoms in total. The quantitative estimate of drug-likeness (QED) is 0.411. The van der Waals surface area contributed by atoms with Crippen molar-refractivity contribution in [3.8, 4) is 5.40 Å². The maximum atomic E-state index is 7.18. The summed E-state index contributed by atoms with van der Waals surface area (Å²) in [6.45, 7) is 0. The molecule has 0 saturated carbocycles. The monoisotopic (exact) mass is 163 g/mol. The van der Waals surface area contributed by atoms with Gasteiger partial charge in [-0.1, -0.05) is 12.6 Å². The number of aliphatic hydroxyl groups excluding tert-OH is 1. The first kappa shape index (κ1) is 26.3. The molecular formula is C2H7Cl2NOS. The van der Waals surface area contributed by atoms with Crippen LogP contribution in [0.15, 0.2) is 0 Å². The molecule has 0 aromatic carbocycles. The summed E-state index contributed by atoms with van der Waals surface area (Å²) >= 11 is 3.09. The second-order valence-corrected chi connectivity index (χ2v) is 0.300. The summed E-state index contributed by atoms with van der Waals surface area (Å²) < 4.78 is 0. The van der Waals surface area contributed by atoms with Gasteiger partial charge in [-0.15, -0.1) is 24.8 Å². The summed E-state index contributed by atoms with van der Waals surface area (Å²) in [6, 6.07) is 0. The van der Waals surface area contributed by atoms with Gasteiger partial charge in [-0.3, -0.25) is 0 Å². The Bertz CT molecular complexity index is 37.2. The van der Waals surface area contributed by atoms with Gasteiger partial charge in [0.1, 0.15) is 5.40 Å². The van der Waals surface area contributed by atoms with E-state index >= 15 is 0 Å². The molecule has 0 atom stereocenters. The predicted octanol–water partition coefficient (Wildman–Crippen LogP) is 0.849. The van der Waals surface area contributed by atoms with Crippen LogP contribution >= 0.6 is 37.4 Å². The van der Waals surface area contributed by atoms with Gasteiger partial charge in [-0.25, -0.2) is 0 Å². The van der Waals surface area contributed by atoms with Crippen molar-refractivity contribution in [1.29, 1.82) is 5.26 Å². The summed E-state index contributed by atoms with van der Waals surface area (Å²) in [5.41, 5.74) is 0. The van der Waals surface area contributed by atoms with Gasteiger partial charge in [-0.2, -0.15) is 5.26 Å². The van der Waals surface area contributed by atoms with Gasteiger partial charge in [-0.05, 0) is 0 Å². The van der Waals surface area contributed by atoms with Crippen molar-refractivity contribution < 1.29 is 5.11 Å². The minimum atomic E-state index is 0. The molecular weight excluding hydrogens is 157 g/mol. The number of rotatable bonds is 0. The van der Waals surface area contributed by atoms with Crippen LogP contribution in [0.1, 0.15) is 0 Å². The highest BCUT2D eigenvalue weighted by molar-refractivity contribution is 7.85. The number of thiocyanates is 1. The van der Waals surface area contributed by atoms with Crippen LogP contribution in [0.4, 0.5) is 0 Å². The zero-order valence-corrected chi connectivity index (χ0v) is 6.19. The van der Waals surface area contributed by atoms with E-state index in [2.05, 4.69) is 12.6 Å². The number of aliphatic hydroxyl groups is 1. The van der Waals surface area contributed by atoms with Crippen molar-refractivity contribution in [3.63, 3.8) is 0 Å². The van der Waals surface area contributed by atoms with Crippen LogP contribution in [0, 0.1) is 10.7 Å². The molecule has 0 saturated heterocycles. The lowest BCUT2D eigenvalue weighted by Gasteiger charge is -1.21. The van der Waals surface area contributed by atoms with Crippen molar-refractivity contribution in [3.05, 3.63) is 0 Å². The second-order valence-electron chi connectivity index (χ2n) is 0.100. The summed E-state index contributed by atoms with van der Waals surface area (Å²) in [6.07, 6.45) is 0. The van der Waals surface area contributed by atoms with E-state index in [9.17, 15) is 0 Å². The molecule has 0 amide bonds. The highest BCUT2D eigenvalue weighted by Crippen LogP contribution is 1.46. The van der Waals surface area contributed by atoms with Crippen LogP contribution in [0.2, 0.25) is 0 Å². The summed E-state index contributed by atoms with van der Waals surface area (Å²) in [7, 11) is 1.00. The average Bonchev–Trinajstić information content (AvgIpc) is 1.46. The molecule has 0 bridgehead atoms. The van der Waals surface area contributed by atoms with Gasteiger partial charge in [0, 0.05) is 7.11 Å². The number of halogens is 2. The predicted molar refractivity (Wildman–Crippen MR) is 37.2 cm³/mol. The van der Waals surface area contributed by atoms with Crippen molar-refractivity contribution in [2.24, 2.45) is 0 Å². The number of nitriles is 1. The highest BCUT2D eigenvalue weighted by atomic mass is 35.5. The van der Waals surface area contributed by atoms with Crippen molar-refractivity contribution in [2.45, 2.75) is 0 Å². The number of hydrogen-bond donors (Lipinski definition) is 2.